The normalized spacial score (nSPS) is 26.8. The van der Waals surface area contributed by atoms with Crippen molar-refractivity contribution in [2.75, 3.05) is 13.2 Å². The quantitative estimate of drug-likeness (QED) is 0.732. The van der Waals surface area contributed by atoms with Crippen molar-refractivity contribution in [3.63, 3.8) is 0 Å². The van der Waals surface area contributed by atoms with Gasteiger partial charge < -0.3 is 10.5 Å². The Balaban J connectivity index is 2.49. The van der Waals surface area contributed by atoms with Crippen LogP contribution in [0.2, 0.25) is 0 Å². The molecule has 1 atom stereocenters. The van der Waals surface area contributed by atoms with Gasteiger partial charge in [0.1, 0.15) is 0 Å². The Morgan fingerprint density at radius 3 is 2.38 bits per heavy atom. The molecule has 0 aromatic heterocycles. The highest BCUT2D eigenvalue weighted by atomic mass is 16.5. The summed E-state index contributed by atoms with van der Waals surface area (Å²) in [6, 6.07) is 0. The number of nitrogens with two attached hydrogens (primary N) is 1. The summed E-state index contributed by atoms with van der Waals surface area (Å²) in [5.74, 6) is 0. The fourth-order valence-electron chi connectivity index (χ4n) is 2.14. The second-order valence-electron chi connectivity index (χ2n) is 5.11. The molecule has 0 spiro atoms. The van der Waals surface area contributed by atoms with Crippen molar-refractivity contribution in [3.05, 3.63) is 0 Å². The van der Waals surface area contributed by atoms with Crippen LogP contribution in [0.25, 0.3) is 0 Å². The van der Waals surface area contributed by atoms with E-state index in [9.17, 15) is 0 Å². The van der Waals surface area contributed by atoms with Gasteiger partial charge in [-0.15, -0.1) is 0 Å². The number of hydrogen-bond acceptors (Lipinski definition) is 2. The molecule has 1 aliphatic rings. The first kappa shape index (κ1) is 11.0. The molecule has 1 unspecified atom stereocenters. The molecule has 0 saturated carbocycles. The van der Waals surface area contributed by atoms with Gasteiger partial charge in [0.2, 0.25) is 0 Å². The molecule has 2 heteroatoms. The predicted octanol–water partition coefficient (Wildman–Crippen LogP) is 2.32. The molecule has 0 amide bonds. The molecule has 1 saturated heterocycles. The van der Waals surface area contributed by atoms with E-state index in [2.05, 4.69) is 20.8 Å². The van der Waals surface area contributed by atoms with E-state index in [4.69, 9.17) is 10.5 Å². The van der Waals surface area contributed by atoms with Crippen LogP contribution in [0.1, 0.15) is 46.5 Å². The molecule has 0 aliphatic carbocycles. The second-order valence-corrected chi connectivity index (χ2v) is 5.11. The van der Waals surface area contributed by atoms with E-state index in [-0.39, 0.29) is 5.54 Å². The molecule has 2 nitrogen and oxygen atoms in total. The third kappa shape index (κ3) is 3.28. The first-order valence-electron chi connectivity index (χ1n) is 5.34. The lowest BCUT2D eigenvalue weighted by atomic mass is 9.72. The van der Waals surface area contributed by atoms with Crippen LogP contribution in [0.4, 0.5) is 0 Å². The summed E-state index contributed by atoms with van der Waals surface area (Å²) >= 11 is 0. The summed E-state index contributed by atoms with van der Waals surface area (Å²) in [5.41, 5.74) is 6.61. The van der Waals surface area contributed by atoms with E-state index in [0.29, 0.717) is 5.41 Å². The van der Waals surface area contributed by atoms with Gasteiger partial charge in [-0.3, -0.25) is 0 Å². The standard InChI is InChI=1S/C11H23NO/c1-4-11(3,12)9-10(2)5-7-13-8-6-10/h4-9,12H2,1-3H3. The molecule has 0 aromatic rings. The van der Waals surface area contributed by atoms with Gasteiger partial charge in [-0.05, 0) is 38.0 Å². The van der Waals surface area contributed by atoms with Crippen molar-refractivity contribution in [1.29, 1.82) is 0 Å². The van der Waals surface area contributed by atoms with Gasteiger partial charge in [0.25, 0.3) is 0 Å². The second kappa shape index (κ2) is 3.97. The minimum absolute atomic E-state index is 0.00604. The minimum atomic E-state index is 0.00604. The zero-order chi connectivity index (χ0) is 9.95. The summed E-state index contributed by atoms with van der Waals surface area (Å²) in [6.45, 7) is 8.50. The Morgan fingerprint density at radius 2 is 1.92 bits per heavy atom. The van der Waals surface area contributed by atoms with Gasteiger partial charge in [-0.2, -0.15) is 0 Å². The first-order valence-corrected chi connectivity index (χ1v) is 5.34. The van der Waals surface area contributed by atoms with Crippen LogP contribution >= 0.6 is 0 Å². The summed E-state index contributed by atoms with van der Waals surface area (Å²) in [5, 5.41) is 0. The highest BCUT2D eigenvalue weighted by Gasteiger charge is 2.33. The zero-order valence-electron chi connectivity index (χ0n) is 9.23. The van der Waals surface area contributed by atoms with Crippen molar-refractivity contribution in [1.82, 2.24) is 0 Å². The van der Waals surface area contributed by atoms with E-state index in [0.717, 1.165) is 26.1 Å². The van der Waals surface area contributed by atoms with Crippen molar-refractivity contribution < 1.29 is 4.74 Å². The van der Waals surface area contributed by atoms with Crippen LogP contribution in [0.5, 0.6) is 0 Å². The molecular formula is C11H23NO. The van der Waals surface area contributed by atoms with Gasteiger partial charge >= 0.3 is 0 Å². The van der Waals surface area contributed by atoms with Gasteiger partial charge in [0, 0.05) is 18.8 Å². The third-order valence-electron chi connectivity index (χ3n) is 3.34. The van der Waals surface area contributed by atoms with E-state index in [1.165, 1.54) is 12.8 Å². The van der Waals surface area contributed by atoms with E-state index >= 15 is 0 Å². The van der Waals surface area contributed by atoms with Gasteiger partial charge in [-0.25, -0.2) is 0 Å². The first-order chi connectivity index (χ1) is 5.97. The van der Waals surface area contributed by atoms with Crippen molar-refractivity contribution in [3.8, 4) is 0 Å². The fourth-order valence-corrected chi connectivity index (χ4v) is 2.14. The van der Waals surface area contributed by atoms with Crippen LogP contribution in [-0.4, -0.2) is 18.8 Å². The molecule has 1 rings (SSSR count). The van der Waals surface area contributed by atoms with Gasteiger partial charge in [0.05, 0.1) is 0 Å². The Kier molecular flexibility index (Phi) is 3.36. The third-order valence-corrected chi connectivity index (χ3v) is 3.34. The Bertz CT molecular complexity index is 159. The maximum absolute atomic E-state index is 6.19. The smallest absolute Gasteiger partial charge is 0.0471 e. The molecule has 1 heterocycles. The van der Waals surface area contributed by atoms with Gasteiger partial charge in [0.15, 0.2) is 0 Å². The van der Waals surface area contributed by atoms with Crippen LogP contribution in [0.3, 0.4) is 0 Å². The fraction of sp³-hybridized carbons (Fsp3) is 1.00. The lowest BCUT2D eigenvalue weighted by Gasteiger charge is -2.39. The topological polar surface area (TPSA) is 35.2 Å². The summed E-state index contributed by atoms with van der Waals surface area (Å²) < 4.78 is 5.37. The molecule has 0 radical (unpaired) electrons. The van der Waals surface area contributed by atoms with Crippen molar-refractivity contribution >= 4 is 0 Å². The summed E-state index contributed by atoms with van der Waals surface area (Å²) in [6.07, 6.45) is 4.52. The molecule has 13 heavy (non-hydrogen) atoms. The molecule has 0 aromatic carbocycles. The maximum atomic E-state index is 6.19. The SMILES string of the molecule is CCC(C)(N)CC1(C)CCOCC1. The lowest BCUT2D eigenvalue weighted by molar-refractivity contribution is 0.00958. The van der Waals surface area contributed by atoms with E-state index in [1.807, 2.05) is 0 Å². The van der Waals surface area contributed by atoms with Crippen molar-refractivity contribution in [2.45, 2.75) is 52.0 Å². The Labute approximate surface area is 81.8 Å². The Hall–Kier alpha value is -0.0800. The van der Waals surface area contributed by atoms with Crippen LogP contribution in [0, 0.1) is 5.41 Å². The van der Waals surface area contributed by atoms with E-state index < -0.39 is 0 Å². The molecule has 78 valence electrons. The Morgan fingerprint density at radius 1 is 1.38 bits per heavy atom. The molecular weight excluding hydrogens is 162 g/mol. The number of rotatable bonds is 3. The zero-order valence-corrected chi connectivity index (χ0v) is 9.23. The summed E-state index contributed by atoms with van der Waals surface area (Å²) in [4.78, 5) is 0. The van der Waals surface area contributed by atoms with Crippen LogP contribution in [-0.2, 0) is 4.74 Å². The average Bonchev–Trinajstić information content (AvgIpc) is 2.04. The highest BCUT2D eigenvalue weighted by Crippen LogP contribution is 2.37. The van der Waals surface area contributed by atoms with Crippen LogP contribution in [0.15, 0.2) is 0 Å². The number of hydrogen-bond donors (Lipinski definition) is 1. The van der Waals surface area contributed by atoms with Crippen molar-refractivity contribution in [2.24, 2.45) is 11.1 Å². The maximum Gasteiger partial charge on any atom is 0.0471 e. The highest BCUT2D eigenvalue weighted by molar-refractivity contribution is 4.88. The van der Waals surface area contributed by atoms with Gasteiger partial charge in [-0.1, -0.05) is 13.8 Å². The average molecular weight is 185 g/mol. The van der Waals surface area contributed by atoms with E-state index in [1.54, 1.807) is 0 Å². The lowest BCUT2D eigenvalue weighted by Crippen LogP contribution is -2.42. The molecule has 1 fully saturated rings. The number of ether oxygens (including phenoxy) is 1. The van der Waals surface area contributed by atoms with Crippen LogP contribution < -0.4 is 5.73 Å². The summed E-state index contributed by atoms with van der Waals surface area (Å²) in [7, 11) is 0. The molecule has 1 aliphatic heterocycles. The largest absolute Gasteiger partial charge is 0.381 e. The molecule has 0 bridgehead atoms. The minimum Gasteiger partial charge on any atom is -0.381 e. The monoisotopic (exact) mass is 185 g/mol. The predicted molar refractivity (Wildman–Crippen MR) is 55.7 cm³/mol. The molecule has 2 N–H and O–H groups in total.